The van der Waals surface area contributed by atoms with Gasteiger partial charge in [0.1, 0.15) is 0 Å². The van der Waals surface area contributed by atoms with E-state index in [4.69, 9.17) is 0 Å². The summed E-state index contributed by atoms with van der Waals surface area (Å²) in [5.41, 5.74) is -0.0443. The van der Waals surface area contributed by atoms with Crippen molar-refractivity contribution >= 4 is 55.7 Å². The first-order valence-corrected chi connectivity index (χ1v) is 9.99. The van der Waals surface area contributed by atoms with E-state index in [1.54, 1.807) is 47.4 Å². The molecule has 0 aliphatic heterocycles. The van der Waals surface area contributed by atoms with Gasteiger partial charge in [-0.3, -0.25) is 9.59 Å². The van der Waals surface area contributed by atoms with Crippen LogP contribution in [0.25, 0.3) is 10.8 Å². The summed E-state index contributed by atoms with van der Waals surface area (Å²) in [4.78, 5) is 25.3. The third-order valence-electron chi connectivity index (χ3n) is 3.32. The molecule has 24 heavy (non-hydrogen) atoms. The number of carbonyl (C=O) groups is 1. The molecular formula is C16H14BrN3O2S2. The highest BCUT2D eigenvalue weighted by Gasteiger charge is 2.13. The fraction of sp³-hybridized carbons (Fsp3) is 0.188. The smallest absolute Gasteiger partial charge is 0.272 e. The number of hydrogen-bond donors (Lipinski definition) is 2. The van der Waals surface area contributed by atoms with Crippen LogP contribution in [0, 0.1) is 0 Å². The molecule has 0 aliphatic rings. The van der Waals surface area contributed by atoms with Gasteiger partial charge in [0.15, 0.2) is 5.69 Å². The highest BCUT2D eigenvalue weighted by Crippen LogP contribution is 2.25. The van der Waals surface area contributed by atoms with Crippen LogP contribution in [0.3, 0.4) is 0 Å². The van der Waals surface area contributed by atoms with E-state index in [9.17, 15) is 9.59 Å². The quantitative estimate of drug-likeness (QED) is 0.595. The Morgan fingerprint density at radius 3 is 2.79 bits per heavy atom. The molecule has 1 aromatic carbocycles. The third kappa shape index (κ3) is 4.06. The Hall–Kier alpha value is -1.64. The largest absolute Gasteiger partial charge is 0.350 e. The van der Waals surface area contributed by atoms with E-state index in [0.29, 0.717) is 17.3 Å². The zero-order valence-corrected chi connectivity index (χ0v) is 15.8. The number of thiophene rings is 1. The Balaban J connectivity index is 1.56. The van der Waals surface area contributed by atoms with Gasteiger partial charge in [0, 0.05) is 28.3 Å². The van der Waals surface area contributed by atoms with Gasteiger partial charge in [-0.2, -0.15) is 16.9 Å². The number of aromatic nitrogens is 2. The first kappa shape index (κ1) is 17.2. The van der Waals surface area contributed by atoms with Crippen molar-refractivity contribution in [2.24, 2.45) is 0 Å². The minimum Gasteiger partial charge on any atom is -0.350 e. The Labute approximate surface area is 155 Å². The van der Waals surface area contributed by atoms with Crippen LogP contribution < -0.4 is 10.9 Å². The van der Waals surface area contributed by atoms with E-state index >= 15 is 0 Å². The lowest BCUT2D eigenvalue weighted by Gasteiger charge is -2.06. The first-order valence-electron chi connectivity index (χ1n) is 7.23. The number of aromatic amines is 1. The summed E-state index contributed by atoms with van der Waals surface area (Å²) in [6.45, 7) is 0.547. The van der Waals surface area contributed by atoms with Gasteiger partial charge in [-0.15, -0.1) is 11.3 Å². The zero-order chi connectivity index (χ0) is 16.9. The number of thioether (sulfide) groups is 1. The molecule has 1 amide bonds. The fourth-order valence-electron chi connectivity index (χ4n) is 2.21. The number of nitrogens with one attached hydrogen (secondary N) is 2. The van der Waals surface area contributed by atoms with Crippen LogP contribution in [0.2, 0.25) is 0 Å². The predicted octanol–water partition coefficient (Wildman–Crippen LogP) is 3.41. The maximum Gasteiger partial charge on any atom is 0.272 e. The molecule has 0 radical (unpaired) electrons. The number of benzene rings is 1. The van der Waals surface area contributed by atoms with E-state index in [0.717, 1.165) is 15.3 Å². The van der Waals surface area contributed by atoms with Crippen LogP contribution in [0.1, 0.15) is 15.4 Å². The summed E-state index contributed by atoms with van der Waals surface area (Å²) in [5.74, 6) is 1.45. The van der Waals surface area contributed by atoms with Gasteiger partial charge in [-0.05, 0) is 34.1 Å². The first-order chi connectivity index (χ1) is 11.6. The van der Waals surface area contributed by atoms with Gasteiger partial charge in [-0.25, -0.2) is 5.10 Å². The predicted molar refractivity (Wildman–Crippen MR) is 103 cm³/mol. The van der Waals surface area contributed by atoms with Crippen LogP contribution in [-0.2, 0) is 5.75 Å². The minimum absolute atomic E-state index is 0.248. The summed E-state index contributed by atoms with van der Waals surface area (Å²) in [6.07, 6.45) is 0. The average molecular weight is 424 g/mol. The van der Waals surface area contributed by atoms with Crippen molar-refractivity contribution in [3.8, 4) is 0 Å². The Kier molecular flexibility index (Phi) is 5.70. The molecule has 0 atom stereocenters. The molecule has 5 nitrogen and oxygen atoms in total. The van der Waals surface area contributed by atoms with Crippen LogP contribution in [0.15, 0.2) is 45.0 Å². The van der Waals surface area contributed by atoms with Gasteiger partial charge in [0.25, 0.3) is 11.5 Å². The van der Waals surface area contributed by atoms with Crippen LogP contribution in [0.5, 0.6) is 0 Å². The molecule has 2 N–H and O–H groups in total. The van der Waals surface area contributed by atoms with Crippen LogP contribution in [0.4, 0.5) is 0 Å². The average Bonchev–Trinajstić information content (AvgIpc) is 3.00. The SMILES string of the molecule is O=C(NCCSCc1ccc(Br)s1)c1n[nH]c(=O)c2ccccc12. The van der Waals surface area contributed by atoms with Gasteiger partial charge >= 0.3 is 0 Å². The van der Waals surface area contributed by atoms with Crippen molar-refractivity contribution in [3.05, 3.63) is 61.1 Å². The number of carbonyl (C=O) groups excluding carboxylic acids is 1. The lowest BCUT2D eigenvalue weighted by atomic mass is 10.1. The molecule has 3 aromatic rings. The van der Waals surface area contributed by atoms with E-state index < -0.39 is 0 Å². The Morgan fingerprint density at radius 2 is 2.04 bits per heavy atom. The molecule has 2 heterocycles. The number of nitrogens with zero attached hydrogens (tertiary/aromatic N) is 1. The summed E-state index contributed by atoms with van der Waals surface area (Å²) in [6, 6.07) is 11.1. The molecule has 0 unspecified atom stereocenters. The zero-order valence-electron chi connectivity index (χ0n) is 12.5. The second kappa shape index (κ2) is 7.96. The topological polar surface area (TPSA) is 74.8 Å². The highest BCUT2D eigenvalue weighted by molar-refractivity contribution is 9.11. The molecule has 0 saturated heterocycles. The maximum absolute atomic E-state index is 12.3. The van der Waals surface area contributed by atoms with Crippen LogP contribution >= 0.6 is 39.0 Å². The summed E-state index contributed by atoms with van der Waals surface area (Å²) >= 11 is 6.92. The Bertz CT molecular complexity index is 923. The summed E-state index contributed by atoms with van der Waals surface area (Å²) in [5, 5.41) is 10.2. The number of hydrogen-bond acceptors (Lipinski definition) is 5. The van der Waals surface area contributed by atoms with Crippen molar-refractivity contribution < 1.29 is 4.79 Å². The van der Waals surface area contributed by atoms with Gasteiger partial charge in [-0.1, -0.05) is 18.2 Å². The summed E-state index contributed by atoms with van der Waals surface area (Å²) in [7, 11) is 0. The summed E-state index contributed by atoms with van der Waals surface area (Å²) < 4.78 is 1.13. The number of H-pyrrole nitrogens is 1. The van der Waals surface area contributed by atoms with E-state index in [1.165, 1.54) is 4.88 Å². The normalized spacial score (nSPS) is 10.9. The Morgan fingerprint density at radius 1 is 1.25 bits per heavy atom. The fourth-order valence-corrected chi connectivity index (χ4v) is 4.66. The van der Waals surface area contributed by atoms with Gasteiger partial charge < -0.3 is 5.32 Å². The van der Waals surface area contributed by atoms with E-state index in [2.05, 4.69) is 37.5 Å². The molecular weight excluding hydrogens is 410 g/mol. The van der Waals surface area contributed by atoms with E-state index in [-0.39, 0.29) is 17.2 Å². The van der Waals surface area contributed by atoms with Gasteiger partial charge in [0.05, 0.1) is 9.17 Å². The number of rotatable bonds is 6. The number of amides is 1. The molecule has 0 spiro atoms. The maximum atomic E-state index is 12.3. The molecule has 0 saturated carbocycles. The molecule has 8 heteroatoms. The second-order valence-corrected chi connectivity index (χ2v) is 8.61. The standard InChI is InChI=1S/C16H14BrN3O2S2/c17-13-6-5-10(24-13)9-23-8-7-18-16(22)14-11-3-1-2-4-12(11)15(21)20-19-14/h1-6H,7-9H2,(H,18,22)(H,20,21). The van der Waals surface area contributed by atoms with Crippen molar-refractivity contribution in [1.82, 2.24) is 15.5 Å². The molecule has 0 bridgehead atoms. The third-order valence-corrected chi connectivity index (χ3v) is 6.13. The van der Waals surface area contributed by atoms with Gasteiger partial charge in [0.2, 0.25) is 0 Å². The highest BCUT2D eigenvalue weighted by atomic mass is 79.9. The number of halogens is 1. The molecule has 0 fully saturated rings. The monoisotopic (exact) mass is 423 g/mol. The minimum atomic E-state index is -0.292. The number of fused-ring (bicyclic) bond motifs is 1. The van der Waals surface area contributed by atoms with Crippen LogP contribution in [-0.4, -0.2) is 28.4 Å². The second-order valence-electron chi connectivity index (χ2n) is 4.96. The lowest BCUT2D eigenvalue weighted by Crippen LogP contribution is -2.28. The molecule has 3 rings (SSSR count). The van der Waals surface area contributed by atoms with Crippen molar-refractivity contribution in [2.75, 3.05) is 12.3 Å². The molecule has 2 aromatic heterocycles. The van der Waals surface area contributed by atoms with E-state index in [1.807, 2.05) is 6.07 Å². The molecule has 124 valence electrons. The molecule has 0 aliphatic carbocycles. The van der Waals surface area contributed by atoms with Crippen molar-refractivity contribution in [3.63, 3.8) is 0 Å². The lowest BCUT2D eigenvalue weighted by molar-refractivity contribution is 0.0952. The van der Waals surface area contributed by atoms with Crippen molar-refractivity contribution in [1.29, 1.82) is 0 Å². The van der Waals surface area contributed by atoms with Crippen molar-refractivity contribution in [2.45, 2.75) is 5.75 Å².